The second-order valence-corrected chi connectivity index (χ2v) is 7.26. The average Bonchev–Trinajstić information content (AvgIpc) is 2.46. The number of benzene rings is 1. The fourth-order valence-electron chi connectivity index (χ4n) is 2.57. The number of carbonyl (C=O) groups excluding carboxylic acids is 2. The second-order valence-electron chi connectivity index (χ2n) is 7.26. The molecule has 0 saturated carbocycles. The summed E-state index contributed by atoms with van der Waals surface area (Å²) in [7, 11) is 0. The molecule has 0 radical (unpaired) electrons. The van der Waals surface area contributed by atoms with E-state index in [2.05, 4.69) is 12.2 Å². The molecule has 1 aliphatic heterocycles. The van der Waals surface area contributed by atoms with Gasteiger partial charge in [0.2, 0.25) is 0 Å². The molecule has 1 aliphatic rings. The van der Waals surface area contributed by atoms with Crippen molar-refractivity contribution in [1.82, 2.24) is 10.2 Å². The number of likely N-dealkylation sites (tertiary alicyclic amines) is 1. The van der Waals surface area contributed by atoms with Gasteiger partial charge in [-0.3, -0.25) is 9.59 Å². The largest absolute Gasteiger partial charge is 0.347 e. The summed E-state index contributed by atoms with van der Waals surface area (Å²) in [5.74, 6) is 0.653. The molecule has 1 aromatic carbocycles. The summed E-state index contributed by atoms with van der Waals surface area (Å²) in [6.45, 7) is 9.71. The summed E-state index contributed by atoms with van der Waals surface area (Å²) >= 11 is 0. The van der Waals surface area contributed by atoms with Crippen LogP contribution in [0.15, 0.2) is 24.3 Å². The van der Waals surface area contributed by atoms with Gasteiger partial charge in [-0.15, -0.1) is 0 Å². The van der Waals surface area contributed by atoms with Crippen LogP contribution in [0.1, 0.15) is 61.3 Å². The molecule has 1 aromatic rings. The average molecular weight is 302 g/mol. The van der Waals surface area contributed by atoms with Crippen molar-refractivity contribution in [1.29, 1.82) is 0 Å². The zero-order valence-corrected chi connectivity index (χ0v) is 14.0. The summed E-state index contributed by atoms with van der Waals surface area (Å²) in [4.78, 5) is 26.4. The quantitative estimate of drug-likeness (QED) is 0.912. The fourth-order valence-corrected chi connectivity index (χ4v) is 2.57. The summed E-state index contributed by atoms with van der Waals surface area (Å²) in [5, 5.41) is 2.92. The van der Waals surface area contributed by atoms with Gasteiger partial charge in [-0.2, -0.15) is 0 Å². The van der Waals surface area contributed by atoms with E-state index in [9.17, 15) is 9.59 Å². The summed E-state index contributed by atoms with van der Waals surface area (Å²) in [6, 6.07) is 6.94. The molecule has 1 fully saturated rings. The van der Waals surface area contributed by atoms with Gasteiger partial charge in [0.15, 0.2) is 0 Å². The third-order valence-electron chi connectivity index (χ3n) is 3.95. The lowest BCUT2D eigenvalue weighted by Gasteiger charge is -2.30. The number of piperidine rings is 1. The standard InChI is InChI=1S/C18H26N2O2/c1-13-9-11-20(12-10-13)17(22)15-7-5-14(6-8-15)16(21)19-18(2,3)4/h5-8,13H,9-12H2,1-4H3,(H,19,21). The normalized spacial score (nSPS) is 16.5. The third-order valence-corrected chi connectivity index (χ3v) is 3.95. The molecule has 0 aliphatic carbocycles. The number of amides is 2. The molecule has 0 bridgehead atoms. The molecule has 2 amide bonds. The smallest absolute Gasteiger partial charge is 0.253 e. The van der Waals surface area contributed by atoms with Gasteiger partial charge in [-0.05, 0) is 63.8 Å². The minimum Gasteiger partial charge on any atom is -0.347 e. The van der Waals surface area contributed by atoms with E-state index in [0.717, 1.165) is 25.9 Å². The Morgan fingerprint density at radius 2 is 1.55 bits per heavy atom. The number of rotatable bonds is 2. The van der Waals surface area contributed by atoms with E-state index >= 15 is 0 Å². The van der Waals surface area contributed by atoms with E-state index in [0.29, 0.717) is 17.0 Å². The topological polar surface area (TPSA) is 49.4 Å². The minimum absolute atomic E-state index is 0.0645. The van der Waals surface area contributed by atoms with Gasteiger partial charge in [0, 0.05) is 29.8 Å². The van der Waals surface area contributed by atoms with Gasteiger partial charge in [0.05, 0.1) is 0 Å². The van der Waals surface area contributed by atoms with Crippen LogP contribution < -0.4 is 5.32 Å². The van der Waals surface area contributed by atoms with Gasteiger partial charge < -0.3 is 10.2 Å². The molecule has 22 heavy (non-hydrogen) atoms. The Morgan fingerprint density at radius 3 is 2.05 bits per heavy atom. The van der Waals surface area contributed by atoms with Crippen molar-refractivity contribution in [3.63, 3.8) is 0 Å². The maximum Gasteiger partial charge on any atom is 0.253 e. The summed E-state index contributed by atoms with van der Waals surface area (Å²) in [6.07, 6.45) is 2.13. The highest BCUT2D eigenvalue weighted by atomic mass is 16.2. The minimum atomic E-state index is -0.268. The Morgan fingerprint density at radius 1 is 1.05 bits per heavy atom. The molecular formula is C18H26N2O2. The molecule has 0 atom stereocenters. The van der Waals surface area contributed by atoms with Gasteiger partial charge in [0.25, 0.3) is 11.8 Å². The Balaban J connectivity index is 2.02. The zero-order chi connectivity index (χ0) is 16.3. The molecule has 0 unspecified atom stereocenters. The van der Waals surface area contributed by atoms with Gasteiger partial charge in [0.1, 0.15) is 0 Å². The highest BCUT2D eigenvalue weighted by Crippen LogP contribution is 2.18. The first kappa shape index (κ1) is 16.5. The number of nitrogens with one attached hydrogen (secondary N) is 1. The van der Waals surface area contributed by atoms with Crippen molar-refractivity contribution < 1.29 is 9.59 Å². The Hall–Kier alpha value is -1.84. The molecule has 4 nitrogen and oxygen atoms in total. The lowest BCUT2D eigenvalue weighted by atomic mass is 9.98. The SMILES string of the molecule is CC1CCN(C(=O)c2ccc(C(=O)NC(C)(C)C)cc2)CC1. The number of hydrogen-bond donors (Lipinski definition) is 1. The first-order valence-corrected chi connectivity index (χ1v) is 7.98. The monoisotopic (exact) mass is 302 g/mol. The lowest BCUT2D eigenvalue weighted by molar-refractivity contribution is 0.0696. The molecular weight excluding hydrogens is 276 g/mol. The third kappa shape index (κ3) is 4.33. The van der Waals surface area contributed by atoms with E-state index in [4.69, 9.17) is 0 Å². The van der Waals surface area contributed by atoms with Crippen LogP contribution >= 0.6 is 0 Å². The lowest BCUT2D eigenvalue weighted by Crippen LogP contribution is -2.40. The predicted octanol–water partition coefficient (Wildman–Crippen LogP) is 3.09. The zero-order valence-electron chi connectivity index (χ0n) is 14.0. The molecule has 0 aromatic heterocycles. The second kappa shape index (κ2) is 6.51. The highest BCUT2D eigenvalue weighted by Gasteiger charge is 2.22. The van der Waals surface area contributed by atoms with E-state index in [-0.39, 0.29) is 17.4 Å². The van der Waals surface area contributed by atoms with Crippen LogP contribution in [0.2, 0.25) is 0 Å². The molecule has 2 rings (SSSR count). The van der Waals surface area contributed by atoms with Gasteiger partial charge in [-0.1, -0.05) is 6.92 Å². The van der Waals surface area contributed by atoms with E-state index in [1.165, 1.54) is 0 Å². The fraction of sp³-hybridized carbons (Fsp3) is 0.556. The Kier molecular flexibility index (Phi) is 4.89. The molecule has 1 N–H and O–H groups in total. The van der Waals surface area contributed by atoms with Crippen molar-refractivity contribution in [2.45, 2.75) is 46.1 Å². The van der Waals surface area contributed by atoms with Crippen LogP contribution in [0, 0.1) is 5.92 Å². The maximum absolute atomic E-state index is 12.4. The van der Waals surface area contributed by atoms with Crippen molar-refractivity contribution >= 4 is 11.8 Å². The van der Waals surface area contributed by atoms with Crippen LogP contribution in [0.5, 0.6) is 0 Å². The molecule has 1 saturated heterocycles. The van der Waals surface area contributed by atoms with E-state index < -0.39 is 0 Å². The first-order chi connectivity index (χ1) is 10.3. The van der Waals surface area contributed by atoms with Crippen molar-refractivity contribution in [3.8, 4) is 0 Å². The van der Waals surface area contributed by atoms with Crippen molar-refractivity contribution in [2.75, 3.05) is 13.1 Å². The molecule has 1 heterocycles. The molecule has 120 valence electrons. The van der Waals surface area contributed by atoms with Crippen LogP contribution in [-0.2, 0) is 0 Å². The summed E-state index contributed by atoms with van der Waals surface area (Å²) in [5.41, 5.74) is 0.969. The molecule has 4 heteroatoms. The molecule has 0 spiro atoms. The van der Waals surface area contributed by atoms with E-state index in [1.54, 1.807) is 24.3 Å². The highest BCUT2D eigenvalue weighted by molar-refractivity contribution is 5.98. The van der Waals surface area contributed by atoms with Crippen LogP contribution in [0.25, 0.3) is 0 Å². The number of nitrogens with zero attached hydrogens (tertiary/aromatic N) is 1. The maximum atomic E-state index is 12.4. The van der Waals surface area contributed by atoms with Gasteiger partial charge >= 0.3 is 0 Å². The first-order valence-electron chi connectivity index (χ1n) is 7.98. The van der Waals surface area contributed by atoms with Crippen molar-refractivity contribution in [3.05, 3.63) is 35.4 Å². The number of carbonyl (C=O) groups is 2. The predicted molar refractivity (Wildman–Crippen MR) is 88.0 cm³/mol. The van der Waals surface area contributed by atoms with Crippen molar-refractivity contribution in [2.24, 2.45) is 5.92 Å². The Labute approximate surface area is 132 Å². The van der Waals surface area contributed by atoms with Crippen LogP contribution in [0.4, 0.5) is 0 Å². The number of hydrogen-bond acceptors (Lipinski definition) is 2. The van der Waals surface area contributed by atoms with E-state index in [1.807, 2.05) is 25.7 Å². The van der Waals surface area contributed by atoms with Crippen LogP contribution in [0.3, 0.4) is 0 Å². The van der Waals surface area contributed by atoms with Gasteiger partial charge in [-0.25, -0.2) is 0 Å². The Bertz CT molecular complexity index is 535. The van der Waals surface area contributed by atoms with Crippen LogP contribution in [-0.4, -0.2) is 35.3 Å². The summed E-state index contributed by atoms with van der Waals surface area (Å²) < 4.78 is 0.